The largest absolute Gasteiger partial charge is 0.493 e. The van der Waals surface area contributed by atoms with Gasteiger partial charge < -0.3 is 20.1 Å². The van der Waals surface area contributed by atoms with Crippen LogP contribution in [0.15, 0.2) is 29.4 Å². The zero-order valence-electron chi connectivity index (χ0n) is 17.4. The number of hydrogen-bond donors (Lipinski definition) is 2. The molecule has 1 heterocycles. The molecule has 0 aliphatic rings. The molecule has 0 amide bonds. The maximum atomic E-state index is 5.65. The van der Waals surface area contributed by atoms with E-state index in [1.165, 1.54) is 10.4 Å². The lowest BCUT2D eigenvalue weighted by Crippen LogP contribution is -2.37. The summed E-state index contributed by atoms with van der Waals surface area (Å²) in [5.74, 6) is 2.42. The second-order valence-corrected chi connectivity index (χ2v) is 7.42. The van der Waals surface area contributed by atoms with Crippen LogP contribution in [-0.4, -0.2) is 37.7 Å². The van der Waals surface area contributed by atoms with Gasteiger partial charge in [0.15, 0.2) is 17.5 Å². The molecule has 2 N–H and O–H groups in total. The number of aromatic nitrogens is 1. The average Bonchev–Trinajstić information content (AvgIpc) is 3.18. The first-order valence-corrected chi connectivity index (χ1v) is 10.8. The van der Waals surface area contributed by atoms with E-state index in [4.69, 9.17) is 9.47 Å². The summed E-state index contributed by atoms with van der Waals surface area (Å²) in [7, 11) is 1.66. The van der Waals surface area contributed by atoms with Crippen LogP contribution in [0, 0.1) is 0 Å². The maximum absolute atomic E-state index is 5.65. The van der Waals surface area contributed by atoms with Gasteiger partial charge in [-0.2, -0.15) is 0 Å². The van der Waals surface area contributed by atoms with Crippen molar-refractivity contribution in [3.63, 3.8) is 0 Å². The lowest BCUT2D eigenvalue weighted by molar-refractivity contribution is 0.310. The lowest BCUT2D eigenvalue weighted by Gasteiger charge is -2.12. The molecule has 0 fully saturated rings. The van der Waals surface area contributed by atoms with E-state index < -0.39 is 0 Å². The molecule has 0 unspecified atom stereocenters. The molecule has 7 heteroatoms. The third-order valence-corrected chi connectivity index (χ3v) is 5.26. The minimum atomic E-state index is 0.607. The van der Waals surface area contributed by atoms with Crippen LogP contribution in [0.3, 0.4) is 0 Å². The monoisotopic (exact) mass is 404 g/mol. The van der Waals surface area contributed by atoms with Crippen molar-refractivity contribution in [3.8, 4) is 11.5 Å². The molecule has 0 radical (unpaired) electrons. The van der Waals surface area contributed by atoms with Gasteiger partial charge in [0.05, 0.1) is 20.3 Å². The van der Waals surface area contributed by atoms with Gasteiger partial charge in [-0.05, 0) is 50.8 Å². The van der Waals surface area contributed by atoms with E-state index in [-0.39, 0.29) is 0 Å². The Balaban J connectivity index is 1.83. The quantitative estimate of drug-likeness (QED) is 0.339. The highest BCUT2D eigenvalue weighted by molar-refractivity contribution is 7.11. The van der Waals surface area contributed by atoms with Crippen molar-refractivity contribution in [3.05, 3.63) is 39.8 Å². The van der Waals surface area contributed by atoms with Gasteiger partial charge in [-0.25, -0.2) is 9.98 Å². The number of guanidine groups is 1. The van der Waals surface area contributed by atoms with Crippen molar-refractivity contribution < 1.29 is 9.47 Å². The Morgan fingerprint density at radius 2 is 2.04 bits per heavy atom. The van der Waals surface area contributed by atoms with Crippen LogP contribution >= 0.6 is 11.3 Å². The first kappa shape index (κ1) is 22.0. The molecule has 6 nitrogen and oxygen atoms in total. The topological polar surface area (TPSA) is 67.8 Å². The Bertz CT molecular complexity index is 746. The minimum Gasteiger partial charge on any atom is -0.493 e. The van der Waals surface area contributed by atoms with Gasteiger partial charge in [0.2, 0.25) is 0 Å². The summed E-state index contributed by atoms with van der Waals surface area (Å²) in [5, 5.41) is 7.75. The highest BCUT2D eigenvalue weighted by Crippen LogP contribution is 2.28. The Hall–Kier alpha value is -2.28. The minimum absolute atomic E-state index is 0.607. The van der Waals surface area contributed by atoms with E-state index in [9.17, 15) is 0 Å². The molecule has 28 heavy (non-hydrogen) atoms. The number of ether oxygens (including phenoxy) is 2. The second kappa shape index (κ2) is 12.2. The molecule has 0 spiro atoms. The SMILES string of the molecule is CCNC(=NCc1ncc(CC)s1)NCCCc1ccc(OC)c(OCC)c1. The highest BCUT2D eigenvalue weighted by Gasteiger charge is 2.06. The first-order chi connectivity index (χ1) is 13.7. The number of methoxy groups -OCH3 is 1. The van der Waals surface area contributed by atoms with Crippen LogP contribution in [0.25, 0.3) is 0 Å². The van der Waals surface area contributed by atoms with E-state index in [0.29, 0.717) is 13.2 Å². The van der Waals surface area contributed by atoms with Crippen LogP contribution in [0.4, 0.5) is 0 Å². The van der Waals surface area contributed by atoms with Crippen molar-refractivity contribution in [2.45, 2.75) is 46.6 Å². The fourth-order valence-electron chi connectivity index (χ4n) is 2.72. The van der Waals surface area contributed by atoms with Crippen molar-refractivity contribution in [2.24, 2.45) is 4.99 Å². The van der Waals surface area contributed by atoms with Crippen LogP contribution in [0.1, 0.15) is 42.6 Å². The molecular weight excluding hydrogens is 372 g/mol. The molecule has 0 atom stereocenters. The Kier molecular flexibility index (Phi) is 9.62. The molecule has 0 bridgehead atoms. The van der Waals surface area contributed by atoms with Gasteiger partial charge >= 0.3 is 0 Å². The van der Waals surface area contributed by atoms with Gasteiger partial charge in [-0.1, -0.05) is 13.0 Å². The van der Waals surface area contributed by atoms with Crippen molar-refractivity contribution in [2.75, 3.05) is 26.8 Å². The van der Waals surface area contributed by atoms with Crippen LogP contribution in [0.5, 0.6) is 11.5 Å². The third-order valence-electron chi connectivity index (χ3n) is 4.13. The molecular formula is C21H32N4O2S. The average molecular weight is 405 g/mol. The Morgan fingerprint density at radius 3 is 2.71 bits per heavy atom. The highest BCUT2D eigenvalue weighted by atomic mass is 32.1. The summed E-state index contributed by atoms with van der Waals surface area (Å²) < 4.78 is 11.0. The molecule has 2 rings (SSSR count). The normalized spacial score (nSPS) is 11.4. The zero-order valence-corrected chi connectivity index (χ0v) is 18.2. The van der Waals surface area contributed by atoms with Crippen molar-refractivity contribution in [1.82, 2.24) is 15.6 Å². The molecule has 0 aliphatic heterocycles. The smallest absolute Gasteiger partial charge is 0.191 e. The van der Waals surface area contributed by atoms with Crippen molar-refractivity contribution >= 4 is 17.3 Å². The van der Waals surface area contributed by atoms with E-state index in [1.807, 2.05) is 19.2 Å². The number of benzene rings is 1. The molecule has 0 aliphatic carbocycles. The number of aliphatic imine (C=N–C) groups is 1. The number of thiazole rings is 1. The number of rotatable bonds is 11. The van der Waals surface area contributed by atoms with Crippen molar-refractivity contribution in [1.29, 1.82) is 0 Å². The Labute approximate surface area is 172 Å². The second-order valence-electron chi connectivity index (χ2n) is 6.22. The number of nitrogens with one attached hydrogen (secondary N) is 2. The fraction of sp³-hybridized carbons (Fsp3) is 0.524. The summed E-state index contributed by atoms with van der Waals surface area (Å²) in [6.07, 6.45) is 4.93. The summed E-state index contributed by atoms with van der Waals surface area (Å²) in [4.78, 5) is 10.4. The van der Waals surface area contributed by atoms with E-state index >= 15 is 0 Å². The summed E-state index contributed by atoms with van der Waals surface area (Å²) in [6.45, 7) is 9.11. The van der Waals surface area contributed by atoms with Gasteiger partial charge in [0.25, 0.3) is 0 Å². The third kappa shape index (κ3) is 7.03. The van der Waals surface area contributed by atoms with Crippen LogP contribution in [-0.2, 0) is 19.4 Å². The van der Waals surface area contributed by atoms with E-state index in [0.717, 1.165) is 54.8 Å². The number of aryl methyl sites for hydroxylation is 2. The molecule has 0 saturated heterocycles. The summed E-state index contributed by atoms with van der Waals surface area (Å²) in [5.41, 5.74) is 1.24. The van der Waals surface area contributed by atoms with Gasteiger partial charge in [0, 0.05) is 24.2 Å². The van der Waals surface area contributed by atoms with E-state index in [2.05, 4.69) is 46.6 Å². The van der Waals surface area contributed by atoms with Gasteiger partial charge in [-0.15, -0.1) is 11.3 Å². The van der Waals surface area contributed by atoms with E-state index in [1.54, 1.807) is 18.4 Å². The number of nitrogens with zero attached hydrogens (tertiary/aromatic N) is 2. The summed E-state index contributed by atoms with van der Waals surface area (Å²) >= 11 is 1.73. The molecule has 154 valence electrons. The predicted molar refractivity (Wildman–Crippen MR) is 117 cm³/mol. The summed E-state index contributed by atoms with van der Waals surface area (Å²) in [6, 6.07) is 6.13. The predicted octanol–water partition coefficient (Wildman–Crippen LogP) is 3.80. The molecule has 0 saturated carbocycles. The lowest BCUT2D eigenvalue weighted by atomic mass is 10.1. The molecule has 2 aromatic rings. The fourth-order valence-corrected chi connectivity index (χ4v) is 3.50. The van der Waals surface area contributed by atoms with Gasteiger partial charge in [-0.3, -0.25) is 0 Å². The maximum Gasteiger partial charge on any atom is 0.191 e. The first-order valence-electron chi connectivity index (χ1n) is 9.95. The zero-order chi connectivity index (χ0) is 20.2. The Morgan fingerprint density at radius 1 is 1.18 bits per heavy atom. The number of hydrogen-bond acceptors (Lipinski definition) is 5. The van der Waals surface area contributed by atoms with Crippen LogP contribution < -0.4 is 20.1 Å². The molecule has 1 aromatic heterocycles. The molecule has 1 aromatic carbocycles. The standard InChI is InChI=1S/C21H32N4O2S/c1-5-17-14-24-20(28-17)15-25-21(22-6-2)23-12-8-9-16-10-11-18(26-4)19(13-16)27-7-3/h10-11,13-14H,5-9,12,15H2,1-4H3,(H2,22,23,25). The van der Waals surface area contributed by atoms with Gasteiger partial charge in [0.1, 0.15) is 5.01 Å². The van der Waals surface area contributed by atoms with Crippen LogP contribution in [0.2, 0.25) is 0 Å².